The zero-order valence-electron chi connectivity index (χ0n) is 11.4. The maximum atomic E-state index is 6.01. The fourth-order valence-electron chi connectivity index (χ4n) is 2.79. The Hall–Kier alpha value is -1.06. The van der Waals surface area contributed by atoms with Crippen LogP contribution in [0.4, 0.5) is 5.69 Å². The van der Waals surface area contributed by atoms with Crippen molar-refractivity contribution < 1.29 is 4.74 Å². The van der Waals surface area contributed by atoms with Gasteiger partial charge < -0.3 is 15.8 Å². The minimum atomic E-state index is 0.0445. The van der Waals surface area contributed by atoms with Crippen LogP contribution in [0.5, 0.6) is 0 Å². The highest BCUT2D eigenvalue weighted by molar-refractivity contribution is 5.48. The molecule has 100 valence electrons. The van der Waals surface area contributed by atoms with Crippen molar-refractivity contribution in [1.82, 2.24) is 0 Å². The van der Waals surface area contributed by atoms with E-state index < -0.39 is 0 Å². The summed E-state index contributed by atoms with van der Waals surface area (Å²) in [4.78, 5) is 0. The minimum absolute atomic E-state index is 0.0445. The number of nitrogens with one attached hydrogen (secondary N) is 1. The molecule has 3 nitrogen and oxygen atoms in total. The molecular weight excluding hydrogens is 224 g/mol. The lowest BCUT2D eigenvalue weighted by Crippen LogP contribution is -2.49. The summed E-state index contributed by atoms with van der Waals surface area (Å²) in [5.74, 6) is 0. The fraction of sp³-hybridized carbons (Fsp3) is 0.600. The predicted molar refractivity (Wildman–Crippen MR) is 75.9 cm³/mol. The third-order valence-electron chi connectivity index (χ3n) is 4.04. The van der Waals surface area contributed by atoms with Gasteiger partial charge in [0.1, 0.15) is 0 Å². The summed E-state index contributed by atoms with van der Waals surface area (Å²) in [6.45, 7) is 2.79. The van der Waals surface area contributed by atoms with Gasteiger partial charge in [0.15, 0.2) is 0 Å². The Morgan fingerprint density at radius 2 is 2.11 bits per heavy atom. The Labute approximate surface area is 110 Å². The molecule has 0 atom stereocenters. The number of anilines is 1. The van der Waals surface area contributed by atoms with Crippen LogP contribution in [-0.2, 0) is 4.74 Å². The van der Waals surface area contributed by atoms with Gasteiger partial charge in [-0.05, 0) is 50.3 Å². The van der Waals surface area contributed by atoms with Gasteiger partial charge in [-0.25, -0.2) is 0 Å². The number of nitrogens with two attached hydrogens (primary N) is 1. The Morgan fingerprint density at radius 3 is 2.67 bits per heavy atom. The van der Waals surface area contributed by atoms with Gasteiger partial charge in [-0.3, -0.25) is 0 Å². The van der Waals surface area contributed by atoms with Gasteiger partial charge in [0.05, 0.1) is 6.10 Å². The molecule has 0 aromatic heterocycles. The summed E-state index contributed by atoms with van der Waals surface area (Å²) in [5, 5.41) is 3.65. The number of hydrogen-bond acceptors (Lipinski definition) is 3. The maximum Gasteiger partial charge on any atom is 0.0573 e. The summed E-state index contributed by atoms with van der Waals surface area (Å²) in [7, 11) is 1.80. The molecule has 3 N–H and O–H groups in total. The lowest BCUT2D eigenvalue weighted by Gasteiger charge is -2.40. The van der Waals surface area contributed by atoms with Crippen molar-refractivity contribution in [3.8, 4) is 0 Å². The summed E-state index contributed by atoms with van der Waals surface area (Å²) < 4.78 is 5.43. The second kappa shape index (κ2) is 5.72. The van der Waals surface area contributed by atoms with Gasteiger partial charge >= 0.3 is 0 Å². The predicted octanol–water partition coefficient (Wildman–Crippen LogP) is 2.69. The molecule has 1 aliphatic rings. The molecule has 1 aromatic rings. The monoisotopic (exact) mass is 248 g/mol. The van der Waals surface area contributed by atoms with Crippen LogP contribution in [0.3, 0.4) is 0 Å². The molecule has 0 unspecified atom stereocenters. The van der Waals surface area contributed by atoms with E-state index in [2.05, 4.69) is 36.5 Å². The maximum absolute atomic E-state index is 6.01. The Balaban J connectivity index is 2.05. The topological polar surface area (TPSA) is 47.3 Å². The largest absolute Gasteiger partial charge is 0.381 e. The highest BCUT2D eigenvalue weighted by Gasteiger charge is 2.34. The number of aryl methyl sites for hydroxylation is 1. The van der Waals surface area contributed by atoms with Crippen LogP contribution < -0.4 is 11.1 Å². The summed E-state index contributed by atoms with van der Waals surface area (Å²) >= 11 is 0. The molecule has 18 heavy (non-hydrogen) atoms. The van der Waals surface area contributed by atoms with Crippen LogP contribution in [0.1, 0.15) is 31.2 Å². The first-order valence-electron chi connectivity index (χ1n) is 6.75. The summed E-state index contributed by atoms with van der Waals surface area (Å²) in [5.41, 5.74) is 8.51. The average molecular weight is 248 g/mol. The second-order valence-corrected chi connectivity index (χ2v) is 5.41. The minimum Gasteiger partial charge on any atom is -0.381 e. The molecule has 0 radical (unpaired) electrons. The van der Waals surface area contributed by atoms with E-state index in [0.29, 0.717) is 12.6 Å². The SMILES string of the molecule is COC1CCC(CN)(Nc2cccc(C)c2)CC1. The van der Waals surface area contributed by atoms with Crippen molar-refractivity contribution in [2.45, 2.75) is 44.2 Å². The lowest BCUT2D eigenvalue weighted by atomic mass is 9.80. The van der Waals surface area contributed by atoms with Crippen LogP contribution in [0, 0.1) is 6.92 Å². The van der Waals surface area contributed by atoms with Crippen molar-refractivity contribution in [2.75, 3.05) is 19.0 Å². The zero-order valence-corrected chi connectivity index (χ0v) is 11.4. The fourth-order valence-corrected chi connectivity index (χ4v) is 2.79. The molecule has 1 saturated carbocycles. The van der Waals surface area contributed by atoms with Crippen LogP contribution in [-0.4, -0.2) is 25.3 Å². The molecule has 0 spiro atoms. The standard InChI is InChI=1S/C15H24N2O/c1-12-4-3-5-13(10-12)17-15(11-16)8-6-14(18-2)7-9-15/h3-5,10,14,17H,6-9,11,16H2,1-2H3. The van der Waals surface area contributed by atoms with Gasteiger partial charge in [0.2, 0.25) is 0 Å². The number of methoxy groups -OCH3 is 1. The first kappa shape index (κ1) is 13.4. The van der Waals surface area contributed by atoms with Gasteiger partial charge in [0.25, 0.3) is 0 Å². The summed E-state index contributed by atoms with van der Waals surface area (Å²) in [6.07, 6.45) is 4.74. The van der Waals surface area contributed by atoms with Gasteiger partial charge in [-0.15, -0.1) is 0 Å². The number of benzene rings is 1. The number of rotatable bonds is 4. The molecule has 1 aliphatic carbocycles. The third-order valence-corrected chi connectivity index (χ3v) is 4.04. The first-order valence-corrected chi connectivity index (χ1v) is 6.75. The van der Waals surface area contributed by atoms with E-state index in [-0.39, 0.29) is 5.54 Å². The van der Waals surface area contributed by atoms with E-state index in [1.165, 1.54) is 11.3 Å². The highest BCUT2D eigenvalue weighted by Crippen LogP contribution is 2.32. The van der Waals surface area contributed by atoms with E-state index in [0.717, 1.165) is 25.7 Å². The molecule has 3 heteroatoms. The molecule has 0 amide bonds. The van der Waals surface area contributed by atoms with Crippen molar-refractivity contribution in [3.05, 3.63) is 29.8 Å². The molecule has 0 saturated heterocycles. The molecule has 1 aromatic carbocycles. The molecule has 0 aliphatic heterocycles. The van der Waals surface area contributed by atoms with Gasteiger partial charge in [-0.1, -0.05) is 12.1 Å². The molecule has 0 bridgehead atoms. The average Bonchev–Trinajstić information content (AvgIpc) is 2.39. The van der Waals surface area contributed by atoms with E-state index in [9.17, 15) is 0 Å². The van der Waals surface area contributed by atoms with E-state index in [1.807, 2.05) is 0 Å². The van der Waals surface area contributed by atoms with E-state index in [1.54, 1.807) is 7.11 Å². The van der Waals surface area contributed by atoms with Crippen molar-refractivity contribution in [3.63, 3.8) is 0 Å². The number of ether oxygens (including phenoxy) is 1. The zero-order chi connectivity index (χ0) is 13.0. The van der Waals surface area contributed by atoms with E-state index >= 15 is 0 Å². The first-order chi connectivity index (χ1) is 8.67. The third kappa shape index (κ3) is 3.03. The van der Waals surface area contributed by atoms with Crippen molar-refractivity contribution in [2.24, 2.45) is 5.73 Å². The molecule has 2 rings (SSSR count). The normalized spacial score (nSPS) is 28.1. The molecular formula is C15H24N2O. The molecule has 1 fully saturated rings. The van der Waals surface area contributed by atoms with Crippen LogP contribution >= 0.6 is 0 Å². The van der Waals surface area contributed by atoms with Gasteiger partial charge in [-0.2, -0.15) is 0 Å². The van der Waals surface area contributed by atoms with Crippen molar-refractivity contribution in [1.29, 1.82) is 0 Å². The second-order valence-electron chi connectivity index (χ2n) is 5.41. The lowest BCUT2D eigenvalue weighted by molar-refractivity contribution is 0.0550. The Bertz CT molecular complexity index is 384. The van der Waals surface area contributed by atoms with Crippen LogP contribution in [0.25, 0.3) is 0 Å². The van der Waals surface area contributed by atoms with Crippen LogP contribution in [0.15, 0.2) is 24.3 Å². The Kier molecular flexibility index (Phi) is 4.25. The quantitative estimate of drug-likeness (QED) is 0.861. The van der Waals surface area contributed by atoms with E-state index in [4.69, 9.17) is 10.5 Å². The number of hydrogen-bond donors (Lipinski definition) is 2. The smallest absolute Gasteiger partial charge is 0.0573 e. The Morgan fingerprint density at radius 1 is 1.39 bits per heavy atom. The highest BCUT2D eigenvalue weighted by atomic mass is 16.5. The summed E-state index contributed by atoms with van der Waals surface area (Å²) in [6, 6.07) is 8.50. The van der Waals surface area contributed by atoms with Crippen LogP contribution in [0.2, 0.25) is 0 Å². The van der Waals surface area contributed by atoms with Crippen molar-refractivity contribution >= 4 is 5.69 Å². The molecule has 0 heterocycles. The van der Waals surface area contributed by atoms with Gasteiger partial charge in [0, 0.05) is 24.9 Å².